The molecule has 0 aromatic heterocycles. The van der Waals surface area contributed by atoms with E-state index in [1.54, 1.807) is 0 Å². The lowest BCUT2D eigenvalue weighted by Gasteiger charge is -2.18. The van der Waals surface area contributed by atoms with E-state index in [0.29, 0.717) is 19.3 Å². The minimum atomic E-state index is -0.849. The summed E-state index contributed by atoms with van der Waals surface area (Å²) in [6.07, 6.45) is 76.4. The Labute approximate surface area is 418 Å². The van der Waals surface area contributed by atoms with Crippen molar-refractivity contribution < 1.29 is 28.6 Å². The molecule has 6 heteroatoms. The quantitative estimate of drug-likeness (QED) is 0.0262. The zero-order valence-electron chi connectivity index (χ0n) is 43.8. The van der Waals surface area contributed by atoms with Crippen LogP contribution in [-0.4, -0.2) is 37.2 Å². The standard InChI is InChI=1S/C62H100O6/c1-4-7-10-13-16-19-22-25-28-31-32-35-37-40-43-46-49-52-55-61(64)67-58-59(68-62(65)56-53-50-47-44-41-38-34-30-27-24-21-18-15-12-9-6-3)57-66-60(63)54-51-48-45-42-39-36-33-29-26-23-20-17-14-11-8-5-2/h8-9,11-12,17-18,20-21,26-27,29-30,36,38-39,41,45,47-48,50,59H,4-7,10,13-16,19,22-25,28,31-35,37,40,42-44,46,49,51-58H2,1-3H3/b11-8-,12-9-,20-17-,21-18-,29-26-,30-27-,39-36-,41-38-,48-45-,50-47-. The highest BCUT2D eigenvalue weighted by molar-refractivity contribution is 5.71. The summed E-state index contributed by atoms with van der Waals surface area (Å²) in [5.74, 6) is -1.10. The van der Waals surface area contributed by atoms with Crippen molar-refractivity contribution in [3.05, 3.63) is 122 Å². The number of carbonyl (C=O) groups is 3. The molecule has 0 N–H and O–H groups in total. The Morgan fingerprint density at radius 3 is 0.897 bits per heavy atom. The van der Waals surface area contributed by atoms with Crippen LogP contribution in [0.4, 0.5) is 0 Å². The molecule has 0 aliphatic heterocycles. The van der Waals surface area contributed by atoms with E-state index in [4.69, 9.17) is 14.2 Å². The number of unbranched alkanes of at least 4 members (excludes halogenated alkanes) is 17. The van der Waals surface area contributed by atoms with Gasteiger partial charge >= 0.3 is 17.9 Å². The molecule has 0 saturated carbocycles. The third-order valence-corrected chi connectivity index (χ3v) is 11.2. The number of ether oxygens (including phenoxy) is 3. The summed E-state index contributed by atoms with van der Waals surface area (Å²) in [6.45, 7) is 6.28. The Balaban J connectivity index is 4.57. The molecule has 0 spiro atoms. The molecule has 0 saturated heterocycles. The monoisotopic (exact) mass is 941 g/mol. The number of hydrogen-bond donors (Lipinski definition) is 0. The van der Waals surface area contributed by atoms with Crippen molar-refractivity contribution in [1.82, 2.24) is 0 Å². The molecule has 0 aromatic rings. The Hall–Kier alpha value is -4.19. The number of carbonyl (C=O) groups excluding carboxylic acids is 3. The molecule has 0 heterocycles. The highest BCUT2D eigenvalue weighted by Crippen LogP contribution is 2.15. The molecular formula is C62H100O6. The van der Waals surface area contributed by atoms with E-state index in [9.17, 15) is 14.4 Å². The molecule has 68 heavy (non-hydrogen) atoms. The zero-order chi connectivity index (χ0) is 49.3. The summed E-state index contributed by atoms with van der Waals surface area (Å²) in [5.41, 5.74) is 0. The van der Waals surface area contributed by atoms with Gasteiger partial charge in [0, 0.05) is 19.3 Å². The lowest BCUT2D eigenvalue weighted by atomic mass is 10.0. The van der Waals surface area contributed by atoms with Gasteiger partial charge in [-0.25, -0.2) is 0 Å². The van der Waals surface area contributed by atoms with Crippen LogP contribution in [0.15, 0.2) is 122 Å². The van der Waals surface area contributed by atoms with Crippen LogP contribution >= 0.6 is 0 Å². The van der Waals surface area contributed by atoms with Crippen molar-refractivity contribution in [2.75, 3.05) is 13.2 Å². The first-order valence-electron chi connectivity index (χ1n) is 27.5. The van der Waals surface area contributed by atoms with Crippen LogP contribution in [-0.2, 0) is 28.6 Å². The van der Waals surface area contributed by atoms with E-state index in [-0.39, 0.29) is 38.0 Å². The van der Waals surface area contributed by atoms with Gasteiger partial charge in [0.05, 0.1) is 0 Å². The van der Waals surface area contributed by atoms with Crippen LogP contribution in [0.25, 0.3) is 0 Å². The van der Waals surface area contributed by atoms with Gasteiger partial charge in [-0.05, 0) is 83.5 Å². The first kappa shape index (κ1) is 63.8. The first-order valence-corrected chi connectivity index (χ1v) is 27.5. The minimum absolute atomic E-state index is 0.132. The molecule has 0 aromatic carbocycles. The lowest BCUT2D eigenvalue weighted by molar-refractivity contribution is -0.166. The molecule has 384 valence electrons. The maximum Gasteiger partial charge on any atom is 0.306 e. The molecule has 0 aliphatic carbocycles. The smallest absolute Gasteiger partial charge is 0.306 e. The molecule has 0 rings (SSSR count). The predicted molar refractivity (Wildman–Crippen MR) is 293 cm³/mol. The molecule has 0 radical (unpaired) electrons. The van der Waals surface area contributed by atoms with Gasteiger partial charge in [-0.3, -0.25) is 14.4 Å². The fraction of sp³-hybridized carbons (Fsp3) is 0.629. The van der Waals surface area contributed by atoms with E-state index in [0.717, 1.165) is 83.5 Å². The van der Waals surface area contributed by atoms with Crippen molar-refractivity contribution in [1.29, 1.82) is 0 Å². The van der Waals surface area contributed by atoms with E-state index in [1.165, 1.54) is 96.3 Å². The number of esters is 3. The molecular weight excluding hydrogens is 841 g/mol. The van der Waals surface area contributed by atoms with Gasteiger partial charge in [-0.2, -0.15) is 0 Å². The summed E-state index contributed by atoms with van der Waals surface area (Å²) in [4.78, 5) is 38.0. The van der Waals surface area contributed by atoms with Crippen LogP contribution in [0.1, 0.15) is 233 Å². The topological polar surface area (TPSA) is 78.9 Å². The van der Waals surface area contributed by atoms with Crippen LogP contribution in [0.3, 0.4) is 0 Å². The van der Waals surface area contributed by atoms with Crippen LogP contribution < -0.4 is 0 Å². The summed E-state index contributed by atoms with van der Waals surface area (Å²) < 4.78 is 16.7. The Bertz CT molecular complexity index is 1450. The number of allylic oxidation sites excluding steroid dienone is 20. The predicted octanol–water partition coefficient (Wildman–Crippen LogP) is 18.5. The van der Waals surface area contributed by atoms with Gasteiger partial charge in [-0.1, -0.05) is 251 Å². The van der Waals surface area contributed by atoms with Crippen molar-refractivity contribution in [2.45, 2.75) is 239 Å². The van der Waals surface area contributed by atoms with Crippen LogP contribution in [0, 0.1) is 0 Å². The average molecular weight is 941 g/mol. The van der Waals surface area contributed by atoms with E-state index in [1.807, 2.05) is 24.3 Å². The van der Waals surface area contributed by atoms with Gasteiger partial charge in [0.25, 0.3) is 0 Å². The van der Waals surface area contributed by atoms with Gasteiger partial charge < -0.3 is 14.2 Å². The van der Waals surface area contributed by atoms with Crippen molar-refractivity contribution >= 4 is 17.9 Å². The second-order valence-corrected chi connectivity index (χ2v) is 17.7. The fourth-order valence-corrected chi connectivity index (χ4v) is 7.19. The fourth-order valence-electron chi connectivity index (χ4n) is 7.19. The average Bonchev–Trinajstić information content (AvgIpc) is 3.34. The molecule has 6 nitrogen and oxygen atoms in total. The van der Waals surface area contributed by atoms with Crippen molar-refractivity contribution in [3.8, 4) is 0 Å². The highest BCUT2D eigenvalue weighted by Gasteiger charge is 2.19. The summed E-state index contributed by atoms with van der Waals surface area (Å²) in [5, 5.41) is 0. The summed E-state index contributed by atoms with van der Waals surface area (Å²) >= 11 is 0. The Morgan fingerprint density at radius 2 is 0.574 bits per heavy atom. The van der Waals surface area contributed by atoms with E-state index < -0.39 is 12.1 Å². The third-order valence-electron chi connectivity index (χ3n) is 11.2. The molecule has 0 bridgehead atoms. The molecule has 1 atom stereocenters. The second-order valence-electron chi connectivity index (χ2n) is 17.7. The van der Waals surface area contributed by atoms with E-state index >= 15 is 0 Å². The Morgan fingerprint density at radius 1 is 0.309 bits per heavy atom. The van der Waals surface area contributed by atoms with Crippen molar-refractivity contribution in [3.63, 3.8) is 0 Å². The molecule has 0 amide bonds. The molecule has 0 aliphatic rings. The largest absolute Gasteiger partial charge is 0.462 e. The summed E-state index contributed by atoms with van der Waals surface area (Å²) in [7, 11) is 0. The van der Waals surface area contributed by atoms with Gasteiger partial charge in [-0.15, -0.1) is 0 Å². The number of hydrogen-bond acceptors (Lipinski definition) is 6. The van der Waals surface area contributed by atoms with Crippen LogP contribution in [0.2, 0.25) is 0 Å². The van der Waals surface area contributed by atoms with Crippen LogP contribution in [0.5, 0.6) is 0 Å². The third kappa shape index (κ3) is 52.8. The van der Waals surface area contributed by atoms with Gasteiger partial charge in [0.2, 0.25) is 0 Å². The number of rotatable bonds is 48. The normalized spacial score (nSPS) is 13.0. The van der Waals surface area contributed by atoms with Crippen molar-refractivity contribution in [2.24, 2.45) is 0 Å². The maximum absolute atomic E-state index is 12.8. The molecule has 0 fully saturated rings. The zero-order valence-corrected chi connectivity index (χ0v) is 43.8. The lowest BCUT2D eigenvalue weighted by Crippen LogP contribution is -2.30. The maximum atomic E-state index is 12.8. The highest BCUT2D eigenvalue weighted by atomic mass is 16.6. The first-order chi connectivity index (χ1) is 33.5. The Kier molecular flexibility index (Phi) is 52.0. The van der Waals surface area contributed by atoms with Gasteiger partial charge in [0.1, 0.15) is 13.2 Å². The summed E-state index contributed by atoms with van der Waals surface area (Å²) in [6, 6.07) is 0. The minimum Gasteiger partial charge on any atom is -0.462 e. The SMILES string of the molecule is CC/C=C\C/C=C\C/C=C\C/C=C\C/C=C\CCC(=O)OCC(COC(=O)CCCCCCCCCCCCCCCCCCCC)OC(=O)CC/C=C\C/C=C\C/C=C\C/C=C\C/C=C\CC. The van der Waals surface area contributed by atoms with E-state index in [2.05, 4.69) is 118 Å². The molecule has 1 unspecified atom stereocenters. The second kappa shape index (κ2) is 55.4. The van der Waals surface area contributed by atoms with Gasteiger partial charge in [0.15, 0.2) is 6.10 Å².